The van der Waals surface area contributed by atoms with E-state index in [2.05, 4.69) is 22.1 Å². The second-order valence-electron chi connectivity index (χ2n) is 5.81. The highest BCUT2D eigenvalue weighted by molar-refractivity contribution is 7.91. The lowest BCUT2D eigenvalue weighted by atomic mass is 10.3. The van der Waals surface area contributed by atoms with Crippen LogP contribution in [-0.4, -0.2) is 63.9 Å². The highest BCUT2D eigenvalue weighted by atomic mass is 32.2. The average molecular weight is 389 g/mol. The molecule has 0 bridgehead atoms. The lowest BCUT2D eigenvalue weighted by Crippen LogP contribution is -2.40. The molecule has 1 rings (SSSR count). The van der Waals surface area contributed by atoms with E-state index in [1.54, 1.807) is 13.1 Å². The normalized spacial score (nSPS) is 12.6. The van der Waals surface area contributed by atoms with Crippen molar-refractivity contribution in [2.75, 3.05) is 40.3 Å². The minimum absolute atomic E-state index is 0.427. The van der Waals surface area contributed by atoms with Crippen LogP contribution in [0.2, 0.25) is 0 Å². The maximum absolute atomic E-state index is 12.5. The fourth-order valence-corrected chi connectivity index (χ4v) is 5.47. The van der Waals surface area contributed by atoms with Crippen molar-refractivity contribution in [2.45, 2.75) is 44.2 Å². The largest absolute Gasteiger partial charge is 0.356 e. The second kappa shape index (κ2) is 10.8. The predicted molar refractivity (Wildman–Crippen MR) is 107 cm³/mol. The summed E-state index contributed by atoms with van der Waals surface area (Å²) in [5.74, 6) is 0.876. The van der Waals surface area contributed by atoms with Crippen LogP contribution in [0.3, 0.4) is 0 Å². The Morgan fingerprint density at radius 3 is 2.48 bits per heavy atom. The van der Waals surface area contributed by atoms with Gasteiger partial charge in [-0.15, -0.1) is 11.3 Å². The zero-order valence-corrected chi connectivity index (χ0v) is 17.7. The van der Waals surface area contributed by atoms with Crippen molar-refractivity contribution in [2.24, 2.45) is 4.99 Å². The van der Waals surface area contributed by atoms with E-state index in [0.29, 0.717) is 17.3 Å². The number of sulfonamides is 1. The molecule has 0 aliphatic rings. The molecule has 0 atom stereocenters. The first-order chi connectivity index (χ1) is 11.9. The number of nitrogens with one attached hydrogen (secondary N) is 1. The number of nitrogens with zero attached hydrogens (tertiary/aromatic N) is 3. The maximum Gasteiger partial charge on any atom is 0.252 e. The Kier molecular flexibility index (Phi) is 9.45. The summed E-state index contributed by atoms with van der Waals surface area (Å²) in [6, 6.07) is 3.63. The average Bonchev–Trinajstić information content (AvgIpc) is 3.07. The molecule has 1 aromatic heterocycles. The van der Waals surface area contributed by atoms with Gasteiger partial charge >= 0.3 is 0 Å². The summed E-state index contributed by atoms with van der Waals surface area (Å²) in [5.41, 5.74) is 0. The Morgan fingerprint density at radius 1 is 1.24 bits per heavy atom. The number of rotatable bonds is 10. The molecule has 0 aliphatic heterocycles. The molecule has 0 radical (unpaired) electrons. The number of hydrogen-bond donors (Lipinski definition) is 1. The van der Waals surface area contributed by atoms with E-state index < -0.39 is 10.0 Å². The number of unbranched alkanes of at least 4 members (excludes halogenated alkanes) is 1. The first-order valence-electron chi connectivity index (χ1n) is 8.91. The summed E-state index contributed by atoms with van der Waals surface area (Å²) < 4.78 is 27.0. The molecule has 0 fully saturated rings. The van der Waals surface area contributed by atoms with E-state index in [4.69, 9.17) is 0 Å². The van der Waals surface area contributed by atoms with E-state index >= 15 is 0 Å². The van der Waals surface area contributed by atoms with Gasteiger partial charge in [0.1, 0.15) is 4.21 Å². The quantitative estimate of drug-likeness (QED) is 0.494. The highest BCUT2D eigenvalue weighted by Crippen LogP contribution is 2.25. The van der Waals surface area contributed by atoms with Gasteiger partial charge in [-0.25, -0.2) is 8.42 Å². The molecule has 8 heteroatoms. The van der Waals surface area contributed by atoms with Crippen LogP contribution in [0, 0.1) is 0 Å². The molecule has 0 aromatic carbocycles. The van der Waals surface area contributed by atoms with Crippen LogP contribution >= 0.6 is 11.3 Å². The molecular formula is C17H32N4O2S2. The zero-order chi connectivity index (χ0) is 18.9. The van der Waals surface area contributed by atoms with Gasteiger partial charge in [0.2, 0.25) is 0 Å². The number of aliphatic imine (C=N–C) groups is 1. The molecule has 25 heavy (non-hydrogen) atoms. The van der Waals surface area contributed by atoms with Crippen molar-refractivity contribution in [3.05, 3.63) is 17.0 Å². The number of hydrogen-bond acceptors (Lipinski definition) is 4. The van der Waals surface area contributed by atoms with Crippen molar-refractivity contribution >= 4 is 27.3 Å². The van der Waals surface area contributed by atoms with Gasteiger partial charge < -0.3 is 10.2 Å². The lowest BCUT2D eigenvalue weighted by Gasteiger charge is -2.21. The molecule has 0 aliphatic carbocycles. The molecule has 0 saturated carbocycles. The van der Waals surface area contributed by atoms with E-state index in [0.717, 1.165) is 43.2 Å². The second-order valence-corrected chi connectivity index (χ2v) is 9.14. The van der Waals surface area contributed by atoms with Gasteiger partial charge in [0, 0.05) is 45.2 Å². The highest BCUT2D eigenvalue weighted by Gasteiger charge is 2.23. The van der Waals surface area contributed by atoms with E-state index in [-0.39, 0.29) is 0 Å². The van der Waals surface area contributed by atoms with Gasteiger partial charge in [-0.3, -0.25) is 4.99 Å². The number of guanidine groups is 1. The first-order valence-corrected chi connectivity index (χ1v) is 11.2. The Morgan fingerprint density at radius 2 is 1.92 bits per heavy atom. The summed E-state index contributed by atoms with van der Waals surface area (Å²) >= 11 is 1.36. The standard InChI is InChI=1S/C17H32N4O2S2/c1-6-9-14-20(5)17(18-4)19-13-12-15-10-11-16(24-15)25(22,23)21(7-2)8-3/h10-11H,6-9,12-14H2,1-5H3,(H,18,19). The Hall–Kier alpha value is -1.12. The summed E-state index contributed by atoms with van der Waals surface area (Å²) in [7, 11) is 0.464. The van der Waals surface area contributed by atoms with Crippen LogP contribution in [0.5, 0.6) is 0 Å². The van der Waals surface area contributed by atoms with Crippen LogP contribution < -0.4 is 5.32 Å². The van der Waals surface area contributed by atoms with Crippen LogP contribution in [0.25, 0.3) is 0 Å². The summed E-state index contributed by atoms with van der Waals surface area (Å²) in [6.45, 7) is 8.59. The summed E-state index contributed by atoms with van der Waals surface area (Å²) in [6.07, 6.45) is 3.06. The molecule has 1 heterocycles. The molecule has 6 nitrogen and oxygen atoms in total. The van der Waals surface area contributed by atoms with E-state index in [1.807, 2.05) is 27.0 Å². The molecule has 144 valence electrons. The lowest BCUT2D eigenvalue weighted by molar-refractivity contribution is 0.447. The summed E-state index contributed by atoms with van der Waals surface area (Å²) in [4.78, 5) is 7.47. The molecule has 1 aromatic rings. The van der Waals surface area contributed by atoms with Gasteiger partial charge in [-0.05, 0) is 25.0 Å². The Bertz CT molecular complexity index is 637. The van der Waals surface area contributed by atoms with Crippen LogP contribution in [-0.2, 0) is 16.4 Å². The Balaban J connectivity index is 2.61. The van der Waals surface area contributed by atoms with Crippen molar-refractivity contribution < 1.29 is 8.42 Å². The van der Waals surface area contributed by atoms with E-state index in [1.165, 1.54) is 15.6 Å². The SMILES string of the molecule is CCCCN(C)C(=NC)NCCc1ccc(S(=O)(=O)N(CC)CC)s1. The molecule has 0 spiro atoms. The fraction of sp³-hybridized carbons (Fsp3) is 0.706. The Labute approximate surface area is 157 Å². The van der Waals surface area contributed by atoms with Gasteiger partial charge in [0.15, 0.2) is 5.96 Å². The topological polar surface area (TPSA) is 65.0 Å². The maximum atomic E-state index is 12.5. The number of thiophene rings is 1. The minimum Gasteiger partial charge on any atom is -0.356 e. The van der Waals surface area contributed by atoms with Crippen molar-refractivity contribution in [1.82, 2.24) is 14.5 Å². The van der Waals surface area contributed by atoms with Crippen LogP contribution in [0.1, 0.15) is 38.5 Å². The van der Waals surface area contributed by atoms with Crippen molar-refractivity contribution in [1.29, 1.82) is 0 Å². The van der Waals surface area contributed by atoms with Crippen LogP contribution in [0.4, 0.5) is 0 Å². The van der Waals surface area contributed by atoms with E-state index in [9.17, 15) is 8.42 Å². The zero-order valence-electron chi connectivity index (χ0n) is 16.1. The van der Waals surface area contributed by atoms with Gasteiger partial charge in [-0.1, -0.05) is 27.2 Å². The molecule has 0 unspecified atom stereocenters. The molecule has 1 N–H and O–H groups in total. The van der Waals surface area contributed by atoms with Crippen molar-refractivity contribution in [3.63, 3.8) is 0 Å². The third-order valence-corrected chi connectivity index (χ3v) is 7.67. The van der Waals surface area contributed by atoms with Gasteiger partial charge in [0.05, 0.1) is 0 Å². The van der Waals surface area contributed by atoms with Gasteiger partial charge in [0.25, 0.3) is 10.0 Å². The fourth-order valence-electron chi connectivity index (χ4n) is 2.51. The molecular weight excluding hydrogens is 356 g/mol. The molecule has 0 saturated heterocycles. The minimum atomic E-state index is -3.35. The third-order valence-electron chi connectivity index (χ3n) is 4.01. The third kappa shape index (κ3) is 6.27. The smallest absolute Gasteiger partial charge is 0.252 e. The predicted octanol–water partition coefficient (Wildman–Crippen LogP) is 2.63. The molecule has 0 amide bonds. The first kappa shape index (κ1) is 21.9. The summed E-state index contributed by atoms with van der Waals surface area (Å²) in [5, 5.41) is 3.34. The monoisotopic (exact) mass is 388 g/mol. The van der Waals surface area contributed by atoms with Crippen LogP contribution in [0.15, 0.2) is 21.3 Å². The van der Waals surface area contributed by atoms with Crippen molar-refractivity contribution in [3.8, 4) is 0 Å². The van der Waals surface area contributed by atoms with Gasteiger partial charge in [-0.2, -0.15) is 4.31 Å².